The van der Waals surface area contributed by atoms with Crippen LogP contribution in [-0.4, -0.2) is 64.8 Å². The van der Waals surface area contributed by atoms with Crippen LogP contribution in [0.4, 0.5) is 11.4 Å². The van der Waals surface area contributed by atoms with Gasteiger partial charge in [0.1, 0.15) is 6.61 Å². The monoisotopic (exact) mass is 430 g/mol. The third-order valence-electron chi connectivity index (χ3n) is 6.98. The topological polar surface area (TPSA) is 77.6 Å². The molecule has 1 saturated heterocycles. The molecule has 1 aromatic carbocycles. The largest absolute Gasteiger partial charge is 0.488 e. The van der Waals surface area contributed by atoms with Gasteiger partial charge in [-0.05, 0) is 31.1 Å². The predicted molar refractivity (Wildman–Crippen MR) is 123 cm³/mol. The lowest BCUT2D eigenvalue weighted by atomic mass is 9.97. The Hall–Kier alpha value is -3.55. The van der Waals surface area contributed by atoms with Crippen LogP contribution < -0.4 is 14.5 Å². The van der Waals surface area contributed by atoms with Crippen molar-refractivity contribution in [1.29, 1.82) is 0 Å². The number of H-pyrrole nitrogens is 1. The number of pyridine rings is 1. The highest BCUT2D eigenvalue weighted by Crippen LogP contribution is 2.42. The Morgan fingerprint density at radius 2 is 2.16 bits per heavy atom. The van der Waals surface area contributed by atoms with Crippen molar-refractivity contribution in [2.45, 2.75) is 25.9 Å². The molecule has 8 nitrogen and oxygen atoms in total. The number of amides is 1. The van der Waals surface area contributed by atoms with Crippen LogP contribution in [0.2, 0.25) is 0 Å². The second kappa shape index (κ2) is 7.25. The molecule has 3 aliphatic heterocycles. The molecule has 6 rings (SSSR count). The average molecular weight is 431 g/mol. The second-order valence-corrected chi connectivity index (χ2v) is 8.78. The van der Waals surface area contributed by atoms with Crippen LogP contribution in [-0.2, 0) is 17.8 Å². The number of carbonyl (C=O) groups is 1. The average Bonchev–Trinajstić information content (AvgIpc) is 3.31. The maximum Gasteiger partial charge on any atom is 0.246 e. The van der Waals surface area contributed by atoms with Gasteiger partial charge in [0.25, 0.3) is 0 Å². The summed E-state index contributed by atoms with van der Waals surface area (Å²) in [7, 11) is 0. The van der Waals surface area contributed by atoms with Crippen molar-refractivity contribution in [2.24, 2.45) is 0 Å². The molecule has 3 aliphatic rings. The molecule has 1 N–H and O–H groups in total. The zero-order valence-electron chi connectivity index (χ0n) is 18.2. The first kappa shape index (κ1) is 19.2. The lowest BCUT2D eigenvalue weighted by Crippen LogP contribution is -2.58. The Morgan fingerprint density at radius 1 is 1.25 bits per heavy atom. The minimum Gasteiger partial charge on any atom is -0.488 e. The van der Waals surface area contributed by atoms with E-state index in [-0.39, 0.29) is 11.9 Å². The SMILES string of the molecule is C=CC(=O)N1CCN2c3c(cnc4c3CCN(c3c(C)ccc5[nH]ncc35)C4)OC[C@H]2C1. The van der Waals surface area contributed by atoms with Crippen LogP contribution in [0.3, 0.4) is 0 Å². The van der Waals surface area contributed by atoms with Gasteiger partial charge in [-0.3, -0.25) is 14.9 Å². The van der Waals surface area contributed by atoms with Crippen LogP contribution >= 0.6 is 0 Å². The normalized spacial score (nSPS) is 19.8. The molecule has 1 amide bonds. The fraction of sp³-hybridized carbons (Fsp3) is 0.375. The number of anilines is 2. The fourth-order valence-corrected chi connectivity index (χ4v) is 5.42. The number of hydrogen-bond donors (Lipinski definition) is 1. The quantitative estimate of drug-likeness (QED) is 0.630. The van der Waals surface area contributed by atoms with Gasteiger partial charge < -0.3 is 19.4 Å². The van der Waals surface area contributed by atoms with Crippen molar-refractivity contribution in [3.05, 3.63) is 54.0 Å². The lowest BCUT2D eigenvalue weighted by molar-refractivity contribution is -0.127. The van der Waals surface area contributed by atoms with E-state index in [1.165, 1.54) is 28.6 Å². The second-order valence-electron chi connectivity index (χ2n) is 8.78. The molecule has 1 fully saturated rings. The number of nitrogens with zero attached hydrogens (tertiary/aromatic N) is 5. The molecule has 0 saturated carbocycles. The summed E-state index contributed by atoms with van der Waals surface area (Å²) in [5.41, 5.74) is 7.08. The highest BCUT2D eigenvalue weighted by Gasteiger charge is 2.37. The van der Waals surface area contributed by atoms with E-state index in [4.69, 9.17) is 9.72 Å². The lowest BCUT2D eigenvalue weighted by Gasteiger charge is -2.47. The zero-order valence-corrected chi connectivity index (χ0v) is 18.2. The summed E-state index contributed by atoms with van der Waals surface area (Å²) in [5, 5.41) is 8.48. The molecular weight excluding hydrogens is 404 g/mol. The number of aromatic amines is 1. The third kappa shape index (κ3) is 2.86. The van der Waals surface area contributed by atoms with Crippen molar-refractivity contribution >= 4 is 28.2 Å². The molecular formula is C24H26N6O2. The molecule has 0 unspecified atom stereocenters. The van der Waals surface area contributed by atoms with E-state index in [0.29, 0.717) is 19.7 Å². The summed E-state index contributed by atoms with van der Waals surface area (Å²) in [6.07, 6.45) is 6.09. The number of aromatic nitrogens is 3. The summed E-state index contributed by atoms with van der Waals surface area (Å²) in [4.78, 5) is 23.6. The zero-order chi connectivity index (χ0) is 21.8. The van der Waals surface area contributed by atoms with E-state index in [1.54, 1.807) is 0 Å². The molecule has 0 aliphatic carbocycles. The van der Waals surface area contributed by atoms with E-state index < -0.39 is 0 Å². The van der Waals surface area contributed by atoms with Gasteiger partial charge in [-0.25, -0.2) is 0 Å². The molecule has 3 aromatic rings. The van der Waals surface area contributed by atoms with Gasteiger partial charge in [0, 0.05) is 37.1 Å². The maximum absolute atomic E-state index is 12.1. The van der Waals surface area contributed by atoms with Crippen molar-refractivity contribution in [3.63, 3.8) is 0 Å². The minimum atomic E-state index is -0.00774. The van der Waals surface area contributed by atoms with Gasteiger partial charge in [0.2, 0.25) is 5.91 Å². The Kier molecular flexibility index (Phi) is 4.34. The van der Waals surface area contributed by atoms with Gasteiger partial charge >= 0.3 is 0 Å². The molecule has 5 heterocycles. The van der Waals surface area contributed by atoms with Crippen LogP contribution in [0.25, 0.3) is 10.9 Å². The van der Waals surface area contributed by atoms with Crippen LogP contribution in [0.5, 0.6) is 5.75 Å². The predicted octanol–water partition coefficient (Wildman–Crippen LogP) is 2.42. The Morgan fingerprint density at radius 3 is 3.03 bits per heavy atom. The molecule has 0 spiro atoms. The summed E-state index contributed by atoms with van der Waals surface area (Å²) < 4.78 is 6.10. The van der Waals surface area contributed by atoms with E-state index >= 15 is 0 Å². The van der Waals surface area contributed by atoms with E-state index in [0.717, 1.165) is 48.4 Å². The highest BCUT2D eigenvalue weighted by molar-refractivity contribution is 5.93. The summed E-state index contributed by atoms with van der Waals surface area (Å²) >= 11 is 0. The summed E-state index contributed by atoms with van der Waals surface area (Å²) in [6.45, 7) is 10.2. The number of piperazine rings is 1. The van der Waals surface area contributed by atoms with Gasteiger partial charge in [-0.15, -0.1) is 0 Å². The Labute approximate surface area is 186 Å². The molecule has 2 aromatic heterocycles. The minimum absolute atomic E-state index is 0.00774. The third-order valence-corrected chi connectivity index (χ3v) is 6.98. The molecule has 1 atom stereocenters. The molecule has 32 heavy (non-hydrogen) atoms. The van der Waals surface area contributed by atoms with Crippen molar-refractivity contribution in [2.75, 3.05) is 42.6 Å². The van der Waals surface area contributed by atoms with Gasteiger partial charge in [0.05, 0.1) is 47.6 Å². The first-order valence-electron chi connectivity index (χ1n) is 11.1. The fourth-order valence-electron chi connectivity index (χ4n) is 5.42. The van der Waals surface area contributed by atoms with Gasteiger partial charge in [-0.1, -0.05) is 12.6 Å². The number of hydrogen-bond acceptors (Lipinski definition) is 6. The van der Waals surface area contributed by atoms with Crippen molar-refractivity contribution in [1.82, 2.24) is 20.1 Å². The molecule has 0 radical (unpaired) electrons. The first-order chi connectivity index (χ1) is 15.6. The van der Waals surface area contributed by atoms with E-state index in [2.05, 4.69) is 45.6 Å². The maximum atomic E-state index is 12.1. The Bertz CT molecular complexity index is 1230. The number of ether oxygens (including phenoxy) is 1. The number of fused-ring (bicyclic) bond motifs is 6. The molecule has 0 bridgehead atoms. The summed E-state index contributed by atoms with van der Waals surface area (Å²) in [5.74, 6) is 0.858. The number of benzene rings is 1. The van der Waals surface area contributed by atoms with Crippen molar-refractivity contribution < 1.29 is 9.53 Å². The van der Waals surface area contributed by atoms with Gasteiger partial charge in [0.15, 0.2) is 5.75 Å². The standard InChI is InChI=1S/C24H26N6O2/c1-3-22(31)28-8-9-30-16(12-28)14-32-21-11-25-20-13-29(7-6-17(20)24(21)30)23-15(2)4-5-19-18(23)10-26-27-19/h3-5,10-11,16H,1,6-9,12-14H2,2H3,(H,26,27)/t16-/m1/s1. The van der Waals surface area contributed by atoms with Gasteiger partial charge in [-0.2, -0.15) is 5.10 Å². The van der Waals surface area contributed by atoms with Crippen LogP contribution in [0, 0.1) is 6.92 Å². The Balaban J connectivity index is 1.33. The summed E-state index contributed by atoms with van der Waals surface area (Å²) in [6, 6.07) is 4.39. The smallest absolute Gasteiger partial charge is 0.246 e. The van der Waals surface area contributed by atoms with E-state index in [1.807, 2.05) is 17.3 Å². The number of nitrogens with one attached hydrogen (secondary N) is 1. The number of rotatable bonds is 2. The van der Waals surface area contributed by atoms with Crippen LogP contribution in [0.15, 0.2) is 37.2 Å². The number of carbonyl (C=O) groups excluding carboxylic acids is 1. The number of aryl methyl sites for hydroxylation is 1. The van der Waals surface area contributed by atoms with E-state index in [9.17, 15) is 4.79 Å². The molecule has 164 valence electrons. The first-order valence-corrected chi connectivity index (χ1v) is 11.1. The highest BCUT2D eigenvalue weighted by atomic mass is 16.5. The van der Waals surface area contributed by atoms with Crippen LogP contribution in [0.1, 0.15) is 16.8 Å². The van der Waals surface area contributed by atoms with Crippen molar-refractivity contribution in [3.8, 4) is 5.75 Å². The molecule has 8 heteroatoms.